The summed E-state index contributed by atoms with van der Waals surface area (Å²) < 4.78 is 12.8. The number of aromatic nitrogens is 4. The second kappa shape index (κ2) is 8.90. The van der Waals surface area contributed by atoms with Gasteiger partial charge in [0.05, 0.1) is 11.3 Å². The molecule has 3 aromatic rings. The standard InChI is InChI=1S/C25H28N6O3/c1-17(19-4-7-22-20(13-19)15-33-25(22)32)14-29-8-10-30(11-9-29)24-23(34-24)12-18-2-5-21(6-3-18)31-16-26-27-28-31/h2-7,13,16-17,23-24H,8-12,14-15H2,1H3. The number of benzene rings is 2. The van der Waals surface area contributed by atoms with Crippen LogP contribution in [0.3, 0.4) is 0 Å². The Morgan fingerprint density at radius 2 is 1.91 bits per heavy atom. The maximum Gasteiger partial charge on any atom is 0.338 e. The first-order chi connectivity index (χ1) is 16.6. The summed E-state index contributed by atoms with van der Waals surface area (Å²) in [6.45, 7) is 7.82. The predicted octanol–water partition coefficient (Wildman–Crippen LogP) is 2.02. The number of cyclic esters (lactones) is 1. The molecule has 0 radical (unpaired) electrons. The summed E-state index contributed by atoms with van der Waals surface area (Å²) in [5.41, 5.74) is 5.22. The van der Waals surface area contributed by atoms with Crippen LogP contribution in [0.1, 0.15) is 39.9 Å². The van der Waals surface area contributed by atoms with E-state index in [-0.39, 0.29) is 18.3 Å². The maximum atomic E-state index is 11.7. The highest BCUT2D eigenvalue weighted by Crippen LogP contribution is 2.31. The minimum Gasteiger partial charge on any atom is -0.457 e. The van der Waals surface area contributed by atoms with Crippen LogP contribution in [0.4, 0.5) is 0 Å². The summed E-state index contributed by atoms with van der Waals surface area (Å²) in [5.74, 6) is 0.209. The molecule has 34 heavy (non-hydrogen) atoms. The zero-order valence-electron chi connectivity index (χ0n) is 19.2. The molecule has 176 valence electrons. The van der Waals surface area contributed by atoms with Crippen molar-refractivity contribution in [3.05, 3.63) is 71.0 Å². The average molecular weight is 461 g/mol. The van der Waals surface area contributed by atoms with Gasteiger partial charge >= 0.3 is 5.97 Å². The number of tetrazole rings is 1. The molecule has 6 rings (SSSR count). The Balaban J connectivity index is 0.968. The van der Waals surface area contributed by atoms with Gasteiger partial charge in [0.1, 0.15) is 25.3 Å². The lowest BCUT2D eigenvalue weighted by Gasteiger charge is -2.35. The summed E-state index contributed by atoms with van der Waals surface area (Å²) in [4.78, 5) is 16.7. The van der Waals surface area contributed by atoms with Crippen molar-refractivity contribution in [3.63, 3.8) is 0 Å². The average Bonchev–Trinajstić information content (AvgIpc) is 3.24. The van der Waals surface area contributed by atoms with Gasteiger partial charge in [0, 0.05) is 44.7 Å². The number of fused-ring (bicyclic) bond motifs is 1. The van der Waals surface area contributed by atoms with Crippen LogP contribution in [0.2, 0.25) is 0 Å². The molecular weight excluding hydrogens is 432 g/mol. The first kappa shape index (κ1) is 21.4. The van der Waals surface area contributed by atoms with Crippen molar-refractivity contribution < 1.29 is 14.3 Å². The molecule has 3 aliphatic heterocycles. The van der Waals surface area contributed by atoms with E-state index < -0.39 is 0 Å². The Bertz CT molecular complexity index is 1160. The highest BCUT2D eigenvalue weighted by atomic mass is 16.6. The summed E-state index contributed by atoms with van der Waals surface area (Å²) >= 11 is 0. The van der Waals surface area contributed by atoms with Crippen LogP contribution in [-0.2, 0) is 22.5 Å². The fraction of sp³-hybridized carbons (Fsp3) is 0.440. The van der Waals surface area contributed by atoms with Crippen LogP contribution >= 0.6 is 0 Å². The second-order valence-corrected chi connectivity index (χ2v) is 9.42. The minimum absolute atomic E-state index is 0.202. The van der Waals surface area contributed by atoms with Crippen molar-refractivity contribution >= 4 is 5.97 Å². The molecule has 4 heterocycles. The van der Waals surface area contributed by atoms with Crippen LogP contribution in [0.5, 0.6) is 0 Å². The van der Waals surface area contributed by atoms with E-state index >= 15 is 0 Å². The SMILES string of the molecule is CC(CN1CCN(C2OC2Cc2ccc(-n3cnnn3)cc2)CC1)c1ccc2c(c1)COC2=O. The van der Waals surface area contributed by atoms with Gasteiger partial charge in [0.25, 0.3) is 0 Å². The van der Waals surface area contributed by atoms with Gasteiger partial charge in [-0.3, -0.25) is 4.90 Å². The van der Waals surface area contributed by atoms with Crippen LogP contribution in [0.25, 0.3) is 5.69 Å². The predicted molar refractivity (Wildman–Crippen MR) is 124 cm³/mol. The van der Waals surface area contributed by atoms with Crippen molar-refractivity contribution in [3.8, 4) is 5.69 Å². The topological polar surface area (TPSA) is 88.9 Å². The molecule has 0 aliphatic carbocycles. The molecule has 9 heteroatoms. The molecule has 9 nitrogen and oxygen atoms in total. The van der Waals surface area contributed by atoms with E-state index in [0.717, 1.165) is 50.4 Å². The smallest absolute Gasteiger partial charge is 0.338 e. The molecule has 2 aromatic carbocycles. The lowest BCUT2D eigenvalue weighted by molar-refractivity contribution is 0.0535. The molecule has 3 aliphatic rings. The Morgan fingerprint density at radius 1 is 1.09 bits per heavy atom. The lowest BCUT2D eigenvalue weighted by Crippen LogP contribution is -2.48. The number of carbonyl (C=O) groups is 1. The molecule has 2 fully saturated rings. The Hall–Kier alpha value is -3.14. The van der Waals surface area contributed by atoms with Gasteiger partial charge in [-0.25, -0.2) is 9.48 Å². The van der Waals surface area contributed by atoms with Gasteiger partial charge in [0.2, 0.25) is 0 Å². The number of esters is 1. The monoisotopic (exact) mass is 460 g/mol. The summed E-state index contributed by atoms with van der Waals surface area (Å²) in [5, 5.41) is 11.3. The lowest BCUT2D eigenvalue weighted by atomic mass is 9.96. The van der Waals surface area contributed by atoms with Gasteiger partial charge in [-0.15, -0.1) is 5.10 Å². The van der Waals surface area contributed by atoms with E-state index in [4.69, 9.17) is 9.47 Å². The molecule has 3 unspecified atom stereocenters. The van der Waals surface area contributed by atoms with Crippen molar-refractivity contribution in [2.75, 3.05) is 32.7 Å². The van der Waals surface area contributed by atoms with Crippen LogP contribution in [0.15, 0.2) is 48.8 Å². The van der Waals surface area contributed by atoms with Crippen molar-refractivity contribution in [2.45, 2.75) is 38.2 Å². The van der Waals surface area contributed by atoms with Crippen molar-refractivity contribution in [1.29, 1.82) is 0 Å². The van der Waals surface area contributed by atoms with Crippen molar-refractivity contribution in [2.24, 2.45) is 0 Å². The zero-order chi connectivity index (χ0) is 23.1. The van der Waals surface area contributed by atoms with Gasteiger partial charge < -0.3 is 14.4 Å². The number of hydrogen-bond donors (Lipinski definition) is 0. The Kier molecular flexibility index (Phi) is 5.60. The molecule has 0 N–H and O–H groups in total. The summed E-state index contributed by atoms with van der Waals surface area (Å²) in [6, 6.07) is 14.4. The highest BCUT2D eigenvalue weighted by Gasteiger charge is 2.44. The third-order valence-electron chi connectivity index (χ3n) is 7.12. The second-order valence-electron chi connectivity index (χ2n) is 9.42. The summed E-state index contributed by atoms with van der Waals surface area (Å²) in [6.07, 6.45) is 3.01. The number of piperazine rings is 1. The third-order valence-corrected chi connectivity index (χ3v) is 7.12. The van der Waals surface area contributed by atoms with E-state index in [2.05, 4.69) is 56.5 Å². The number of ether oxygens (including phenoxy) is 2. The number of rotatable bonds is 7. The van der Waals surface area contributed by atoms with Crippen LogP contribution in [0, 0.1) is 0 Å². The van der Waals surface area contributed by atoms with Gasteiger partial charge in [-0.1, -0.05) is 31.2 Å². The van der Waals surface area contributed by atoms with Gasteiger partial charge in [-0.2, -0.15) is 0 Å². The van der Waals surface area contributed by atoms with Gasteiger partial charge in [-0.05, 0) is 45.7 Å². The number of epoxide rings is 1. The zero-order valence-corrected chi connectivity index (χ0v) is 19.2. The van der Waals surface area contributed by atoms with E-state index in [0.29, 0.717) is 18.1 Å². The van der Waals surface area contributed by atoms with Crippen LogP contribution < -0.4 is 0 Å². The van der Waals surface area contributed by atoms with Crippen LogP contribution in [-0.4, -0.2) is 81.0 Å². The molecule has 3 atom stereocenters. The molecular formula is C25H28N6O3. The van der Waals surface area contributed by atoms with E-state index in [9.17, 15) is 4.79 Å². The molecule has 1 aromatic heterocycles. The number of hydrogen-bond acceptors (Lipinski definition) is 8. The molecule has 0 saturated carbocycles. The first-order valence-corrected chi connectivity index (χ1v) is 11.9. The first-order valence-electron chi connectivity index (χ1n) is 11.9. The fourth-order valence-electron chi connectivity index (χ4n) is 5.05. The van der Waals surface area contributed by atoms with E-state index in [1.54, 1.807) is 11.0 Å². The molecule has 0 amide bonds. The number of nitrogens with zero attached hydrogens (tertiary/aromatic N) is 6. The van der Waals surface area contributed by atoms with E-state index in [1.165, 1.54) is 11.1 Å². The van der Waals surface area contributed by atoms with E-state index in [1.807, 2.05) is 18.2 Å². The summed E-state index contributed by atoms with van der Waals surface area (Å²) in [7, 11) is 0. The quantitative estimate of drug-likeness (QED) is 0.391. The third kappa shape index (κ3) is 4.34. The fourth-order valence-corrected chi connectivity index (χ4v) is 5.05. The Labute approximate surface area is 198 Å². The minimum atomic E-state index is -0.202. The number of carbonyl (C=O) groups excluding carboxylic acids is 1. The van der Waals surface area contributed by atoms with Crippen molar-refractivity contribution in [1.82, 2.24) is 30.0 Å². The van der Waals surface area contributed by atoms with Gasteiger partial charge in [0.15, 0.2) is 0 Å². The maximum absolute atomic E-state index is 11.7. The highest BCUT2D eigenvalue weighted by molar-refractivity contribution is 5.93. The Morgan fingerprint density at radius 3 is 2.68 bits per heavy atom. The largest absolute Gasteiger partial charge is 0.457 e. The molecule has 0 bridgehead atoms. The molecule has 2 saturated heterocycles. The molecule has 0 spiro atoms. The normalized spacial score (nSPS) is 23.5.